The number of aliphatic hydroxyl groups is 1. The highest BCUT2D eigenvalue weighted by Gasteiger charge is 2.61. The molecule has 0 bridgehead atoms. The van der Waals surface area contributed by atoms with Crippen LogP contribution in [0.4, 0.5) is 13.2 Å². The summed E-state index contributed by atoms with van der Waals surface area (Å²) in [5.41, 5.74) is -8.87. The van der Waals surface area contributed by atoms with E-state index in [1.165, 1.54) is 6.08 Å². The maximum absolute atomic E-state index is 12.7. The van der Waals surface area contributed by atoms with E-state index in [0.29, 0.717) is 12.7 Å². The van der Waals surface area contributed by atoms with Gasteiger partial charge in [0.05, 0.1) is 5.92 Å². The Morgan fingerprint density at radius 2 is 1.80 bits per heavy atom. The highest BCUT2D eigenvalue weighted by molar-refractivity contribution is 7.87. The van der Waals surface area contributed by atoms with Crippen molar-refractivity contribution in [1.29, 1.82) is 0 Å². The fourth-order valence-corrected chi connectivity index (χ4v) is 5.13. The average Bonchev–Trinajstić information content (AvgIpc) is 2.39. The highest BCUT2D eigenvalue weighted by Crippen LogP contribution is 2.60. The molecule has 0 heterocycles. The van der Waals surface area contributed by atoms with Crippen molar-refractivity contribution in [2.24, 2.45) is 22.7 Å². The summed E-state index contributed by atoms with van der Waals surface area (Å²) in [6.45, 7) is 6.73. The summed E-state index contributed by atoms with van der Waals surface area (Å²) in [5, 5.41) is 10.7. The molecule has 1 saturated carbocycles. The fourth-order valence-electron chi connectivity index (χ4n) is 4.57. The Morgan fingerprint density at radius 3 is 2.28 bits per heavy atom. The van der Waals surface area contributed by atoms with Crippen LogP contribution in [0.1, 0.15) is 47.0 Å². The molecule has 4 atom stereocenters. The second kappa shape index (κ2) is 5.70. The molecule has 0 saturated heterocycles. The molecule has 0 aromatic carbocycles. The lowest BCUT2D eigenvalue weighted by Crippen LogP contribution is -2.58. The molecule has 1 N–H and O–H groups in total. The highest BCUT2D eigenvalue weighted by atomic mass is 32.2. The molecule has 5 nitrogen and oxygen atoms in total. The number of alkyl halides is 3. The van der Waals surface area contributed by atoms with Gasteiger partial charge in [-0.05, 0) is 42.6 Å². The summed E-state index contributed by atoms with van der Waals surface area (Å²) in [4.78, 5) is 11.7. The van der Waals surface area contributed by atoms with E-state index in [2.05, 4.69) is 4.18 Å². The number of allylic oxidation sites excluding steroid dienone is 1. The molecular weight excluding hydrogens is 361 g/mol. The van der Waals surface area contributed by atoms with Crippen LogP contribution in [0.5, 0.6) is 0 Å². The van der Waals surface area contributed by atoms with E-state index in [1.54, 1.807) is 6.92 Å². The van der Waals surface area contributed by atoms with Gasteiger partial charge in [-0.1, -0.05) is 27.2 Å². The van der Waals surface area contributed by atoms with Gasteiger partial charge in [0.15, 0.2) is 0 Å². The molecule has 2 aliphatic rings. The van der Waals surface area contributed by atoms with Crippen LogP contribution >= 0.6 is 0 Å². The Hall–Kier alpha value is -1.09. The van der Waals surface area contributed by atoms with Crippen LogP contribution in [-0.2, 0) is 19.1 Å². The zero-order chi connectivity index (χ0) is 19.5. The smallest absolute Gasteiger partial charge is 0.381 e. The van der Waals surface area contributed by atoms with Gasteiger partial charge in [-0.3, -0.25) is 0 Å². The Morgan fingerprint density at radius 1 is 1.24 bits per heavy atom. The first kappa shape index (κ1) is 20.2. The van der Waals surface area contributed by atoms with E-state index >= 15 is 0 Å². The lowest BCUT2D eigenvalue weighted by Gasteiger charge is -2.57. The molecule has 0 spiro atoms. The predicted molar refractivity (Wildman–Crippen MR) is 83.5 cm³/mol. The number of carbonyl (C=O) groups is 1. The van der Waals surface area contributed by atoms with Crippen LogP contribution in [-0.4, -0.2) is 30.9 Å². The van der Waals surface area contributed by atoms with Crippen LogP contribution in [0.2, 0.25) is 0 Å². The van der Waals surface area contributed by atoms with Gasteiger partial charge in [-0.25, -0.2) is 0 Å². The summed E-state index contributed by atoms with van der Waals surface area (Å²) < 4.78 is 65.2. The van der Waals surface area contributed by atoms with Gasteiger partial charge in [0.1, 0.15) is 17.6 Å². The molecule has 0 radical (unpaired) electrons. The Labute approximate surface area is 145 Å². The van der Waals surface area contributed by atoms with Crippen LogP contribution in [0.3, 0.4) is 0 Å². The summed E-state index contributed by atoms with van der Waals surface area (Å²) in [6.07, 6.45) is 3.91. The minimum absolute atomic E-state index is 0.388. The molecule has 0 amide bonds. The van der Waals surface area contributed by atoms with Crippen molar-refractivity contribution in [3.05, 3.63) is 11.8 Å². The molecule has 2 aliphatic carbocycles. The maximum Gasteiger partial charge on any atom is 0.534 e. The third-order valence-electron chi connectivity index (χ3n) is 5.84. The van der Waals surface area contributed by atoms with E-state index in [9.17, 15) is 31.5 Å². The predicted octanol–water partition coefficient (Wildman–Crippen LogP) is 3.15. The summed E-state index contributed by atoms with van der Waals surface area (Å²) in [5.74, 6) is -2.24. The fraction of sp³-hybridized carbons (Fsp3) is 0.812. The molecule has 144 valence electrons. The second-order valence-corrected chi connectivity index (χ2v) is 9.64. The first-order valence-electron chi connectivity index (χ1n) is 8.00. The van der Waals surface area contributed by atoms with Crippen molar-refractivity contribution in [2.45, 2.75) is 58.1 Å². The lowest BCUT2D eigenvalue weighted by atomic mass is 9.48. The number of carbonyl (C=O) groups excluding carboxylic acids is 1. The topological polar surface area (TPSA) is 80.7 Å². The summed E-state index contributed by atoms with van der Waals surface area (Å²) >= 11 is 0. The zero-order valence-corrected chi connectivity index (χ0v) is 15.4. The van der Waals surface area contributed by atoms with Gasteiger partial charge >= 0.3 is 15.6 Å². The molecule has 0 aromatic heterocycles. The number of hydrogen-bond donors (Lipinski definition) is 1. The summed E-state index contributed by atoms with van der Waals surface area (Å²) in [6, 6.07) is 0. The second-order valence-electron chi connectivity index (χ2n) is 8.10. The third kappa shape index (κ3) is 3.09. The number of aldehydes is 1. The zero-order valence-electron chi connectivity index (χ0n) is 14.6. The largest absolute Gasteiger partial charge is 0.534 e. The van der Waals surface area contributed by atoms with E-state index in [1.807, 2.05) is 13.8 Å². The minimum atomic E-state index is -5.94. The standard InChI is InChI=1S/C16H23F3O5S/c1-13(2)6-5-7-14(3)10(13)8-12(15(4,21)11(14)9-20)24-25(22,23)16(17,18)19/h8-11,21H,5-7H2,1-4H3/t10-,11+,14-,15-/m0/s1. The van der Waals surface area contributed by atoms with E-state index in [0.717, 1.165) is 19.8 Å². The van der Waals surface area contributed by atoms with E-state index < -0.39 is 44.2 Å². The van der Waals surface area contributed by atoms with Crippen LogP contribution in [0.15, 0.2) is 11.8 Å². The van der Waals surface area contributed by atoms with Crippen LogP contribution < -0.4 is 0 Å². The molecule has 0 unspecified atom stereocenters. The van der Waals surface area contributed by atoms with Crippen molar-refractivity contribution < 1.29 is 35.7 Å². The Kier molecular flexibility index (Phi) is 4.61. The van der Waals surface area contributed by atoms with Crippen LogP contribution in [0.25, 0.3) is 0 Å². The van der Waals surface area contributed by atoms with Crippen molar-refractivity contribution >= 4 is 16.4 Å². The van der Waals surface area contributed by atoms with Crippen LogP contribution in [0, 0.1) is 22.7 Å². The van der Waals surface area contributed by atoms with Gasteiger partial charge in [0.2, 0.25) is 0 Å². The third-order valence-corrected chi connectivity index (χ3v) is 6.81. The number of halogens is 3. The number of hydrogen-bond acceptors (Lipinski definition) is 5. The van der Waals surface area contributed by atoms with Crippen molar-refractivity contribution in [1.82, 2.24) is 0 Å². The van der Waals surface area contributed by atoms with E-state index in [4.69, 9.17) is 0 Å². The van der Waals surface area contributed by atoms with Gasteiger partial charge in [0.25, 0.3) is 0 Å². The van der Waals surface area contributed by atoms with Crippen molar-refractivity contribution in [3.63, 3.8) is 0 Å². The summed E-state index contributed by atoms with van der Waals surface area (Å²) in [7, 11) is -5.94. The molecular formula is C16H23F3O5S. The quantitative estimate of drug-likeness (QED) is 0.459. The van der Waals surface area contributed by atoms with E-state index in [-0.39, 0.29) is 5.41 Å². The lowest BCUT2D eigenvalue weighted by molar-refractivity contribution is -0.145. The number of fused-ring (bicyclic) bond motifs is 1. The monoisotopic (exact) mass is 384 g/mol. The minimum Gasteiger partial charge on any atom is -0.381 e. The molecule has 25 heavy (non-hydrogen) atoms. The SMILES string of the molecule is CC1(C)CCC[C@]2(C)[C@@H](C=O)[C@](C)(O)C(OS(=O)(=O)C(F)(F)F)=C[C@@H]12. The van der Waals surface area contributed by atoms with Gasteiger partial charge in [0, 0.05) is 0 Å². The molecule has 1 fully saturated rings. The molecule has 9 heteroatoms. The van der Waals surface area contributed by atoms with Crippen molar-refractivity contribution in [2.75, 3.05) is 0 Å². The first-order valence-corrected chi connectivity index (χ1v) is 9.41. The van der Waals surface area contributed by atoms with Gasteiger partial charge in [-0.15, -0.1) is 0 Å². The van der Waals surface area contributed by atoms with Gasteiger partial charge in [-0.2, -0.15) is 21.6 Å². The Balaban J connectivity index is 2.61. The maximum atomic E-state index is 12.7. The average molecular weight is 384 g/mol. The first-order chi connectivity index (χ1) is 11.1. The normalized spacial score (nSPS) is 38.5. The van der Waals surface area contributed by atoms with Gasteiger partial charge < -0.3 is 14.1 Å². The molecule has 0 aromatic rings. The van der Waals surface area contributed by atoms with Crippen molar-refractivity contribution in [3.8, 4) is 0 Å². The Bertz CT molecular complexity index is 693. The number of rotatable bonds is 3. The molecule has 0 aliphatic heterocycles. The molecule has 2 rings (SSSR count).